The molecule has 1 unspecified atom stereocenters. The molecule has 0 saturated heterocycles. The summed E-state index contributed by atoms with van der Waals surface area (Å²) in [7, 11) is 0. The standard InChI is InChI=1S/C77H130O6/c1-4-7-10-13-16-19-22-25-28-30-32-34-36-37-38-39-41-42-44-46-49-52-55-58-61-64-67-70-76(79)82-73-74(72-81-75(78)69-66-63-60-57-54-51-48-27-24-21-18-15-12-9-6-3)83-77(80)71-68-65-62-59-56-53-50-47-45-43-40-35-33-31-29-26-23-20-17-14-11-8-5-2/h8,11,17,20,22,25-27,29-30,32-33,35-37,43,45,48,50,53,74H,4-7,9-10,12-16,18-19,21,23-24,28,31,34,38-42,44,46-47,49,51-52,54-73H2,1-3H3/b11-8-,20-17-,25-22-,29-26-,32-30-,35-33-,37-36-,45-43-,48-27-,53-50-. The van der Waals surface area contributed by atoms with E-state index >= 15 is 0 Å². The molecular weight excluding hydrogens is 1020 g/mol. The zero-order chi connectivity index (χ0) is 59.9. The average molecular weight is 1150 g/mol. The fourth-order valence-corrected chi connectivity index (χ4v) is 9.68. The Bertz CT molecular complexity index is 1700. The first-order chi connectivity index (χ1) is 41.0. The summed E-state index contributed by atoms with van der Waals surface area (Å²) in [5.41, 5.74) is 0. The van der Waals surface area contributed by atoms with Crippen LogP contribution in [0.15, 0.2) is 122 Å². The Balaban J connectivity index is 4.39. The molecule has 0 aliphatic heterocycles. The van der Waals surface area contributed by atoms with Gasteiger partial charge in [0.15, 0.2) is 6.10 Å². The number of unbranched alkanes of at least 4 members (excludes halogenated alkanes) is 32. The van der Waals surface area contributed by atoms with Gasteiger partial charge in [-0.25, -0.2) is 0 Å². The number of ether oxygens (including phenoxy) is 3. The van der Waals surface area contributed by atoms with Crippen molar-refractivity contribution in [3.8, 4) is 0 Å². The first-order valence-electron chi connectivity index (χ1n) is 35.0. The minimum absolute atomic E-state index is 0.0933. The SMILES string of the molecule is CC/C=C\C/C=C\C/C=C\C/C=C\C/C=C\C/C=C\CCCCCCC(=O)OC(COC(=O)CCCCCCC/C=C\CCCCCCCC)COC(=O)CCCCCCCCCCCCCC/C=C\C/C=C\C/C=C\CCCCCCC. The maximum absolute atomic E-state index is 13.0. The zero-order valence-corrected chi connectivity index (χ0v) is 54.4. The van der Waals surface area contributed by atoms with Crippen molar-refractivity contribution >= 4 is 17.9 Å². The molecule has 0 amide bonds. The number of carbonyl (C=O) groups is 3. The molecule has 0 aliphatic carbocycles. The number of allylic oxidation sites excluding steroid dienone is 20. The fourth-order valence-electron chi connectivity index (χ4n) is 9.68. The van der Waals surface area contributed by atoms with Gasteiger partial charge in [-0.3, -0.25) is 14.4 Å². The molecule has 0 fully saturated rings. The Labute approximate surface area is 513 Å². The summed E-state index contributed by atoms with van der Waals surface area (Å²) in [4.78, 5) is 38.4. The van der Waals surface area contributed by atoms with Crippen LogP contribution in [0.5, 0.6) is 0 Å². The predicted molar refractivity (Wildman–Crippen MR) is 362 cm³/mol. The van der Waals surface area contributed by atoms with E-state index in [9.17, 15) is 14.4 Å². The Morgan fingerprint density at radius 3 is 0.747 bits per heavy atom. The van der Waals surface area contributed by atoms with Crippen LogP contribution in [0.2, 0.25) is 0 Å². The topological polar surface area (TPSA) is 78.9 Å². The van der Waals surface area contributed by atoms with Crippen molar-refractivity contribution < 1.29 is 28.6 Å². The third-order valence-corrected chi connectivity index (χ3v) is 14.9. The van der Waals surface area contributed by atoms with Gasteiger partial charge >= 0.3 is 17.9 Å². The Kier molecular flexibility index (Phi) is 66.7. The van der Waals surface area contributed by atoms with Gasteiger partial charge in [-0.1, -0.05) is 296 Å². The first-order valence-corrected chi connectivity index (χ1v) is 35.0. The lowest BCUT2D eigenvalue weighted by atomic mass is 10.0. The highest BCUT2D eigenvalue weighted by Gasteiger charge is 2.19. The van der Waals surface area contributed by atoms with Gasteiger partial charge in [0.25, 0.3) is 0 Å². The molecule has 1 atom stereocenters. The van der Waals surface area contributed by atoms with Gasteiger partial charge in [0.2, 0.25) is 0 Å². The maximum Gasteiger partial charge on any atom is 0.306 e. The molecular formula is C77H130O6. The largest absolute Gasteiger partial charge is 0.462 e. The summed E-state index contributed by atoms with van der Waals surface area (Å²) >= 11 is 0. The highest BCUT2D eigenvalue weighted by molar-refractivity contribution is 5.71. The summed E-state index contributed by atoms with van der Waals surface area (Å²) in [5.74, 6) is -0.919. The molecule has 0 bridgehead atoms. The fraction of sp³-hybridized carbons (Fsp3) is 0.701. The molecule has 0 radical (unpaired) electrons. The van der Waals surface area contributed by atoms with E-state index in [0.29, 0.717) is 19.3 Å². The highest BCUT2D eigenvalue weighted by Crippen LogP contribution is 2.16. The first kappa shape index (κ1) is 78.8. The molecule has 83 heavy (non-hydrogen) atoms. The van der Waals surface area contributed by atoms with Crippen molar-refractivity contribution in [3.63, 3.8) is 0 Å². The second-order valence-electron chi connectivity index (χ2n) is 23.1. The molecule has 0 N–H and O–H groups in total. The van der Waals surface area contributed by atoms with E-state index in [1.165, 1.54) is 161 Å². The van der Waals surface area contributed by atoms with Gasteiger partial charge in [-0.15, -0.1) is 0 Å². The molecule has 0 rings (SSSR count). The monoisotopic (exact) mass is 1150 g/mol. The van der Waals surface area contributed by atoms with Crippen LogP contribution in [0, 0.1) is 0 Å². The molecule has 474 valence electrons. The summed E-state index contributed by atoms with van der Waals surface area (Å²) in [5, 5.41) is 0. The number of rotatable bonds is 63. The zero-order valence-electron chi connectivity index (χ0n) is 54.4. The molecule has 0 saturated carbocycles. The van der Waals surface area contributed by atoms with Crippen LogP contribution in [0.1, 0.15) is 329 Å². The van der Waals surface area contributed by atoms with Crippen molar-refractivity contribution in [2.45, 2.75) is 335 Å². The molecule has 0 aromatic carbocycles. The van der Waals surface area contributed by atoms with Crippen molar-refractivity contribution in [2.75, 3.05) is 13.2 Å². The van der Waals surface area contributed by atoms with E-state index in [0.717, 1.165) is 128 Å². The lowest BCUT2D eigenvalue weighted by Crippen LogP contribution is -2.30. The molecule has 0 aromatic heterocycles. The number of esters is 3. The van der Waals surface area contributed by atoms with Crippen molar-refractivity contribution in [1.82, 2.24) is 0 Å². The third-order valence-electron chi connectivity index (χ3n) is 14.9. The van der Waals surface area contributed by atoms with E-state index in [1.54, 1.807) is 0 Å². The van der Waals surface area contributed by atoms with Gasteiger partial charge in [0.05, 0.1) is 0 Å². The lowest BCUT2D eigenvalue weighted by molar-refractivity contribution is -0.167. The van der Waals surface area contributed by atoms with Gasteiger partial charge in [0, 0.05) is 19.3 Å². The number of hydrogen-bond acceptors (Lipinski definition) is 6. The van der Waals surface area contributed by atoms with Crippen molar-refractivity contribution in [2.24, 2.45) is 0 Å². The van der Waals surface area contributed by atoms with Gasteiger partial charge < -0.3 is 14.2 Å². The van der Waals surface area contributed by atoms with Gasteiger partial charge in [0.1, 0.15) is 13.2 Å². The van der Waals surface area contributed by atoms with Crippen LogP contribution in [0.3, 0.4) is 0 Å². The number of carbonyl (C=O) groups excluding carboxylic acids is 3. The summed E-state index contributed by atoms with van der Waals surface area (Å²) < 4.78 is 17.0. The molecule has 6 heteroatoms. The van der Waals surface area contributed by atoms with Crippen LogP contribution < -0.4 is 0 Å². The molecule has 0 aliphatic rings. The quantitative estimate of drug-likeness (QED) is 0.0261. The van der Waals surface area contributed by atoms with E-state index in [1.807, 2.05) is 0 Å². The van der Waals surface area contributed by atoms with Crippen molar-refractivity contribution in [1.29, 1.82) is 0 Å². The summed E-state index contributed by atoms with van der Waals surface area (Å²) in [6.07, 6.45) is 97.8. The molecule has 0 heterocycles. The van der Waals surface area contributed by atoms with E-state index in [4.69, 9.17) is 14.2 Å². The Hall–Kier alpha value is -4.19. The van der Waals surface area contributed by atoms with E-state index < -0.39 is 6.10 Å². The smallest absolute Gasteiger partial charge is 0.306 e. The highest BCUT2D eigenvalue weighted by atomic mass is 16.6. The second-order valence-corrected chi connectivity index (χ2v) is 23.1. The molecule has 0 spiro atoms. The van der Waals surface area contributed by atoms with Crippen LogP contribution in [-0.2, 0) is 28.6 Å². The molecule has 6 nitrogen and oxygen atoms in total. The van der Waals surface area contributed by atoms with Crippen LogP contribution in [-0.4, -0.2) is 37.2 Å². The Morgan fingerprint density at radius 2 is 0.470 bits per heavy atom. The maximum atomic E-state index is 13.0. The van der Waals surface area contributed by atoms with Gasteiger partial charge in [-0.05, 0) is 135 Å². The third kappa shape index (κ3) is 68.5. The summed E-state index contributed by atoms with van der Waals surface area (Å²) in [6, 6.07) is 0. The van der Waals surface area contributed by atoms with Crippen LogP contribution in [0.4, 0.5) is 0 Å². The van der Waals surface area contributed by atoms with Gasteiger partial charge in [-0.2, -0.15) is 0 Å². The van der Waals surface area contributed by atoms with Crippen LogP contribution in [0.25, 0.3) is 0 Å². The van der Waals surface area contributed by atoms with Crippen molar-refractivity contribution in [3.05, 3.63) is 122 Å². The van der Waals surface area contributed by atoms with E-state index in [2.05, 4.69) is 142 Å². The minimum atomic E-state index is -0.801. The predicted octanol–water partition coefficient (Wildman–Crippen LogP) is 24.3. The Morgan fingerprint density at radius 1 is 0.253 bits per heavy atom. The lowest BCUT2D eigenvalue weighted by Gasteiger charge is -2.18. The average Bonchev–Trinajstić information content (AvgIpc) is 3.49. The summed E-state index contributed by atoms with van der Waals surface area (Å²) in [6.45, 7) is 6.51. The van der Waals surface area contributed by atoms with Crippen LogP contribution >= 0.6 is 0 Å². The van der Waals surface area contributed by atoms with E-state index in [-0.39, 0.29) is 31.1 Å². The second kappa shape index (κ2) is 70.3. The normalized spacial score (nSPS) is 12.9. The number of hydrogen-bond donors (Lipinski definition) is 0. The minimum Gasteiger partial charge on any atom is -0.462 e. The molecule has 0 aromatic rings.